The molecule has 0 fully saturated rings. The van der Waals surface area contributed by atoms with E-state index >= 15 is 0 Å². The lowest BCUT2D eigenvalue weighted by molar-refractivity contribution is -0.137. The molecular formula is C14H14F3NS. The standard InChI is InChI=1S/C14H14F3NS/c1-9-12(5-6-19-9)13(18)8-10-3-2-4-11(7-10)14(15,16)17/h2-7,13H,8,18H2,1H3. The zero-order valence-electron chi connectivity index (χ0n) is 10.4. The fraction of sp³-hybridized carbons (Fsp3) is 0.286. The Morgan fingerprint density at radius 2 is 2.00 bits per heavy atom. The van der Waals surface area contributed by atoms with Crippen LogP contribution in [0.2, 0.25) is 0 Å². The summed E-state index contributed by atoms with van der Waals surface area (Å²) in [7, 11) is 0. The Hall–Kier alpha value is -1.33. The van der Waals surface area contributed by atoms with Crippen LogP contribution in [0.1, 0.15) is 27.6 Å². The molecule has 0 bridgehead atoms. The van der Waals surface area contributed by atoms with Crippen LogP contribution in [0.5, 0.6) is 0 Å². The van der Waals surface area contributed by atoms with Crippen molar-refractivity contribution in [2.75, 3.05) is 0 Å². The van der Waals surface area contributed by atoms with E-state index in [9.17, 15) is 13.2 Å². The number of nitrogens with two attached hydrogens (primary N) is 1. The van der Waals surface area contributed by atoms with Crippen molar-refractivity contribution in [1.82, 2.24) is 0 Å². The van der Waals surface area contributed by atoms with Gasteiger partial charge >= 0.3 is 6.18 Å². The topological polar surface area (TPSA) is 26.0 Å². The van der Waals surface area contributed by atoms with Crippen LogP contribution < -0.4 is 5.73 Å². The molecule has 0 aliphatic rings. The SMILES string of the molecule is Cc1sccc1C(N)Cc1cccc(C(F)(F)F)c1. The molecule has 2 aromatic rings. The van der Waals surface area contributed by atoms with E-state index in [0.29, 0.717) is 12.0 Å². The fourth-order valence-electron chi connectivity index (χ4n) is 2.02. The van der Waals surface area contributed by atoms with E-state index in [-0.39, 0.29) is 6.04 Å². The van der Waals surface area contributed by atoms with Crippen molar-refractivity contribution in [3.63, 3.8) is 0 Å². The van der Waals surface area contributed by atoms with Crippen molar-refractivity contribution in [2.45, 2.75) is 25.6 Å². The van der Waals surface area contributed by atoms with Gasteiger partial charge in [-0.05, 0) is 42.0 Å². The molecule has 0 spiro atoms. The highest BCUT2D eigenvalue weighted by atomic mass is 32.1. The van der Waals surface area contributed by atoms with Gasteiger partial charge in [0.05, 0.1) is 5.56 Å². The number of halogens is 3. The fourth-order valence-corrected chi connectivity index (χ4v) is 2.79. The zero-order chi connectivity index (χ0) is 14.0. The van der Waals surface area contributed by atoms with Crippen molar-refractivity contribution < 1.29 is 13.2 Å². The van der Waals surface area contributed by atoms with E-state index in [0.717, 1.165) is 16.5 Å². The van der Waals surface area contributed by atoms with E-state index < -0.39 is 11.7 Å². The van der Waals surface area contributed by atoms with Gasteiger partial charge in [0.2, 0.25) is 0 Å². The zero-order valence-corrected chi connectivity index (χ0v) is 11.2. The highest BCUT2D eigenvalue weighted by molar-refractivity contribution is 7.10. The summed E-state index contributed by atoms with van der Waals surface area (Å²) in [5, 5.41) is 1.94. The third-order valence-electron chi connectivity index (χ3n) is 3.01. The van der Waals surface area contributed by atoms with Crippen molar-refractivity contribution in [3.8, 4) is 0 Å². The molecule has 1 heterocycles. The summed E-state index contributed by atoms with van der Waals surface area (Å²) in [4.78, 5) is 1.11. The number of hydrogen-bond donors (Lipinski definition) is 1. The summed E-state index contributed by atoms with van der Waals surface area (Å²) in [6, 6.07) is 7.00. The van der Waals surface area contributed by atoms with Crippen LogP contribution >= 0.6 is 11.3 Å². The van der Waals surface area contributed by atoms with Crippen molar-refractivity contribution in [1.29, 1.82) is 0 Å². The monoisotopic (exact) mass is 285 g/mol. The van der Waals surface area contributed by atoms with E-state index in [2.05, 4.69) is 0 Å². The van der Waals surface area contributed by atoms with E-state index in [1.54, 1.807) is 17.4 Å². The summed E-state index contributed by atoms with van der Waals surface area (Å²) >= 11 is 1.59. The number of alkyl halides is 3. The molecule has 102 valence electrons. The molecule has 1 atom stereocenters. The lowest BCUT2D eigenvalue weighted by Crippen LogP contribution is -2.14. The minimum atomic E-state index is -4.31. The highest BCUT2D eigenvalue weighted by Gasteiger charge is 2.30. The molecule has 0 saturated carbocycles. The molecule has 2 rings (SSSR count). The van der Waals surface area contributed by atoms with Gasteiger partial charge in [-0.15, -0.1) is 11.3 Å². The van der Waals surface area contributed by atoms with Gasteiger partial charge in [-0.2, -0.15) is 13.2 Å². The van der Waals surface area contributed by atoms with Gasteiger partial charge in [-0.1, -0.05) is 18.2 Å². The summed E-state index contributed by atoms with van der Waals surface area (Å²) in [6.07, 6.45) is -3.90. The molecule has 1 aromatic heterocycles. The quantitative estimate of drug-likeness (QED) is 0.893. The second-order valence-corrected chi connectivity index (χ2v) is 5.56. The maximum atomic E-state index is 12.6. The Morgan fingerprint density at radius 3 is 2.58 bits per heavy atom. The van der Waals surface area contributed by atoms with E-state index in [1.165, 1.54) is 12.1 Å². The van der Waals surface area contributed by atoms with Gasteiger partial charge in [0.25, 0.3) is 0 Å². The Labute approximate surface area is 113 Å². The largest absolute Gasteiger partial charge is 0.416 e. The first-order valence-electron chi connectivity index (χ1n) is 5.83. The molecule has 0 aliphatic carbocycles. The maximum Gasteiger partial charge on any atom is 0.416 e. The van der Waals surface area contributed by atoms with Crippen LogP contribution in [-0.4, -0.2) is 0 Å². The predicted molar refractivity (Wildman–Crippen MR) is 71.1 cm³/mol. The molecule has 0 radical (unpaired) electrons. The lowest BCUT2D eigenvalue weighted by atomic mass is 9.99. The van der Waals surface area contributed by atoms with Crippen LogP contribution in [0.4, 0.5) is 13.2 Å². The smallest absolute Gasteiger partial charge is 0.324 e. The van der Waals surface area contributed by atoms with Crippen LogP contribution in [0.15, 0.2) is 35.7 Å². The molecular weight excluding hydrogens is 271 g/mol. The number of aryl methyl sites for hydroxylation is 1. The third-order valence-corrected chi connectivity index (χ3v) is 3.87. The molecule has 19 heavy (non-hydrogen) atoms. The first kappa shape index (κ1) is 14.1. The van der Waals surface area contributed by atoms with Crippen LogP contribution in [-0.2, 0) is 12.6 Å². The van der Waals surface area contributed by atoms with Crippen LogP contribution in [0, 0.1) is 6.92 Å². The van der Waals surface area contributed by atoms with Gasteiger partial charge in [0.1, 0.15) is 0 Å². The van der Waals surface area contributed by atoms with Gasteiger partial charge in [-0.3, -0.25) is 0 Å². The predicted octanol–water partition coefficient (Wildman–Crippen LogP) is 4.32. The molecule has 0 amide bonds. The summed E-state index contributed by atoms with van der Waals surface area (Å²) in [5.41, 5.74) is 7.04. The first-order chi connectivity index (χ1) is 8.88. The summed E-state index contributed by atoms with van der Waals surface area (Å²) in [6.45, 7) is 1.96. The lowest BCUT2D eigenvalue weighted by Gasteiger charge is -2.13. The summed E-state index contributed by atoms with van der Waals surface area (Å²) < 4.78 is 37.8. The van der Waals surface area contributed by atoms with Crippen LogP contribution in [0.25, 0.3) is 0 Å². The molecule has 0 saturated heterocycles. The maximum absolute atomic E-state index is 12.6. The Morgan fingerprint density at radius 1 is 1.26 bits per heavy atom. The Bertz CT molecular complexity index is 560. The third kappa shape index (κ3) is 3.36. The second-order valence-electron chi connectivity index (χ2n) is 4.44. The van der Waals surface area contributed by atoms with E-state index in [4.69, 9.17) is 5.73 Å². The number of benzene rings is 1. The normalized spacial score (nSPS) is 13.5. The molecule has 2 N–H and O–H groups in total. The molecule has 5 heteroatoms. The van der Waals surface area contributed by atoms with Gasteiger partial charge in [0.15, 0.2) is 0 Å². The Balaban J connectivity index is 2.18. The first-order valence-corrected chi connectivity index (χ1v) is 6.71. The molecule has 1 aromatic carbocycles. The summed E-state index contributed by atoms with van der Waals surface area (Å²) in [5.74, 6) is 0. The minimum Gasteiger partial charge on any atom is -0.324 e. The highest BCUT2D eigenvalue weighted by Crippen LogP contribution is 2.30. The number of hydrogen-bond acceptors (Lipinski definition) is 2. The van der Waals surface area contributed by atoms with Gasteiger partial charge in [-0.25, -0.2) is 0 Å². The van der Waals surface area contributed by atoms with Gasteiger partial charge < -0.3 is 5.73 Å². The van der Waals surface area contributed by atoms with Crippen LogP contribution in [0.3, 0.4) is 0 Å². The number of rotatable bonds is 3. The molecule has 1 nitrogen and oxygen atoms in total. The van der Waals surface area contributed by atoms with Crippen molar-refractivity contribution >= 4 is 11.3 Å². The Kier molecular flexibility index (Phi) is 3.96. The number of thiophene rings is 1. The van der Waals surface area contributed by atoms with E-state index in [1.807, 2.05) is 18.4 Å². The minimum absolute atomic E-state index is 0.269. The van der Waals surface area contributed by atoms with Crippen molar-refractivity contribution in [3.05, 3.63) is 57.3 Å². The average molecular weight is 285 g/mol. The molecule has 0 aliphatic heterocycles. The average Bonchev–Trinajstić information content (AvgIpc) is 2.75. The second kappa shape index (κ2) is 5.35. The molecule has 1 unspecified atom stereocenters. The van der Waals surface area contributed by atoms with Gasteiger partial charge in [0, 0.05) is 10.9 Å². The van der Waals surface area contributed by atoms with Crippen molar-refractivity contribution in [2.24, 2.45) is 5.73 Å².